The first-order valence-electron chi connectivity index (χ1n) is 14.5. The number of aryl methyl sites for hydroxylation is 1. The zero-order valence-corrected chi connectivity index (χ0v) is 25.9. The van der Waals surface area contributed by atoms with Crippen LogP contribution in [0.5, 0.6) is 0 Å². The van der Waals surface area contributed by atoms with Crippen LogP contribution in [0.25, 0.3) is 5.76 Å². The molecule has 7 rings (SSSR count). The molecule has 2 aliphatic heterocycles. The van der Waals surface area contributed by atoms with Gasteiger partial charge in [0.05, 0.1) is 22.2 Å². The standard InChI is InChI=1S/C37H28ClN3O3S/c1-26-17-23-32(24-18-26)45(42,43)40-36-37(25-33(44-36)27-11-5-2-6-12-27)34(28-13-7-3-8-14-28)35(29-19-21-30(38)22-20-29)39-41(37)31-15-9-4-10-16-31/h2-25,34H,1H3. The first-order valence-corrected chi connectivity index (χ1v) is 16.3. The number of hydrazone groups is 1. The van der Waals surface area contributed by atoms with Crippen LogP contribution >= 0.6 is 11.6 Å². The molecule has 0 saturated carbocycles. The lowest BCUT2D eigenvalue weighted by Gasteiger charge is -2.36. The van der Waals surface area contributed by atoms with Crippen molar-refractivity contribution >= 4 is 44.7 Å². The summed E-state index contributed by atoms with van der Waals surface area (Å²) in [5.41, 5.74) is 3.66. The van der Waals surface area contributed by atoms with Gasteiger partial charge in [0.15, 0.2) is 5.54 Å². The molecular weight excluding hydrogens is 602 g/mol. The molecule has 45 heavy (non-hydrogen) atoms. The molecule has 2 aliphatic rings. The summed E-state index contributed by atoms with van der Waals surface area (Å²) >= 11 is 6.30. The van der Waals surface area contributed by atoms with Crippen molar-refractivity contribution in [1.82, 2.24) is 0 Å². The van der Waals surface area contributed by atoms with Crippen molar-refractivity contribution in [2.75, 3.05) is 5.01 Å². The van der Waals surface area contributed by atoms with Gasteiger partial charge < -0.3 is 4.74 Å². The van der Waals surface area contributed by atoms with E-state index in [9.17, 15) is 8.42 Å². The summed E-state index contributed by atoms with van der Waals surface area (Å²) in [5, 5.41) is 7.69. The monoisotopic (exact) mass is 629 g/mol. The second-order valence-corrected chi connectivity index (χ2v) is 13.0. The lowest BCUT2D eigenvalue weighted by Crippen LogP contribution is -2.51. The number of sulfonamides is 1. The van der Waals surface area contributed by atoms with E-state index in [4.69, 9.17) is 21.4 Å². The Morgan fingerprint density at radius 3 is 2.00 bits per heavy atom. The zero-order chi connectivity index (χ0) is 31.0. The van der Waals surface area contributed by atoms with Crippen molar-refractivity contribution in [2.45, 2.75) is 23.3 Å². The maximum atomic E-state index is 14.0. The van der Waals surface area contributed by atoms with Gasteiger partial charge in [-0.1, -0.05) is 120 Å². The van der Waals surface area contributed by atoms with E-state index in [1.54, 1.807) is 24.3 Å². The highest BCUT2D eigenvalue weighted by Gasteiger charge is 2.60. The minimum atomic E-state index is -4.19. The Balaban J connectivity index is 1.54. The maximum Gasteiger partial charge on any atom is 0.285 e. The molecule has 2 atom stereocenters. The fourth-order valence-electron chi connectivity index (χ4n) is 5.87. The molecule has 0 amide bonds. The predicted molar refractivity (Wildman–Crippen MR) is 180 cm³/mol. The van der Waals surface area contributed by atoms with Gasteiger partial charge in [-0.2, -0.15) is 13.5 Å². The fourth-order valence-corrected chi connectivity index (χ4v) is 6.98. The van der Waals surface area contributed by atoms with Gasteiger partial charge in [0, 0.05) is 10.6 Å². The van der Waals surface area contributed by atoms with Crippen LogP contribution in [0.3, 0.4) is 0 Å². The van der Waals surface area contributed by atoms with Crippen molar-refractivity contribution in [3.05, 3.63) is 173 Å². The number of anilines is 1. The molecule has 5 aromatic rings. The molecule has 6 nitrogen and oxygen atoms in total. The fraction of sp³-hybridized carbons (Fsp3) is 0.0811. The first-order chi connectivity index (χ1) is 21.8. The Kier molecular flexibility index (Phi) is 7.36. The van der Waals surface area contributed by atoms with Crippen LogP contribution in [0, 0.1) is 6.92 Å². The molecule has 2 unspecified atom stereocenters. The average molecular weight is 630 g/mol. The first kappa shape index (κ1) is 28.8. The van der Waals surface area contributed by atoms with Crippen LogP contribution < -0.4 is 5.01 Å². The number of para-hydroxylation sites is 1. The molecule has 0 aliphatic carbocycles. The Bertz CT molecular complexity index is 2050. The summed E-state index contributed by atoms with van der Waals surface area (Å²) in [6.45, 7) is 1.91. The number of rotatable bonds is 6. The lowest BCUT2D eigenvalue weighted by molar-refractivity contribution is 0.474. The normalized spacial score (nSPS) is 20.3. The number of hydrogen-bond donors (Lipinski definition) is 0. The van der Waals surface area contributed by atoms with Crippen molar-refractivity contribution in [2.24, 2.45) is 9.50 Å². The number of nitrogens with zero attached hydrogens (tertiary/aromatic N) is 3. The molecule has 0 fully saturated rings. The van der Waals surface area contributed by atoms with Gasteiger partial charge in [0.2, 0.25) is 5.90 Å². The van der Waals surface area contributed by atoms with Gasteiger partial charge in [-0.25, -0.2) is 5.01 Å². The second-order valence-electron chi connectivity index (χ2n) is 11.0. The highest BCUT2D eigenvalue weighted by Crippen LogP contribution is 2.51. The molecular formula is C37H28ClN3O3S. The van der Waals surface area contributed by atoms with E-state index in [-0.39, 0.29) is 10.8 Å². The van der Waals surface area contributed by atoms with Crippen LogP contribution in [-0.4, -0.2) is 25.6 Å². The van der Waals surface area contributed by atoms with Gasteiger partial charge in [-0.3, -0.25) is 0 Å². The molecule has 222 valence electrons. The molecule has 8 heteroatoms. The third-order valence-electron chi connectivity index (χ3n) is 8.03. The Morgan fingerprint density at radius 2 is 1.36 bits per heavy atom. The summed E-state index contributed by atoms with van der Waals surface area (Å²) in [6.07, 6.45) is 1.96. The van der Waals surface area contributed by atoms with Crippen LogP contribution in [-0.2, 0) is 14.8 Å². The summed E-state index contributed by atoms with van der Waals surface area (Å²) in [4.78, 5) is 0.0758. The Hall–Kier alpha value is -4.98. The summed E-state index contributed by atoms with van der Waals surface area (Å²) in [5.74, 6) is -0.0246. The smallest absolute Gasteiger partial charge is 0.285 e. The van der Waals surface area contributed by atoms with Gasteiger partial charge in [0.1, 0.15) is 5.76 Å². The van der Waals surface area contributed by atoms with E-state index in [2.05, 4.69) is 4.40 Å². The molecule has 0 aromatic heterocycles. The van der Waals surface area contributed by atoms with Gasteiger partial charge in [0.25, 0.3) is 10.0 Å². The molecule has 5 aromatic carbocycles. The SMILES string of the molecule is Cc1ccc(S(=O)(=O)N=C2OC(c3ccccc3)=CC23C(c2ccccc2)C(c2ccc(Cl)cc2)=NN3c2ccccc2)cc1. The van der Waals surface area contributed by atoms with Crippen LogP contribution in [0.2, 0.25) is 5.02 Å². The van der Waals surface area contributed by atoms with Crippen LogP contribution in [0.4, 0.5) is 5.69 Å². The van der Waals surface area contributed by atoms with Crippen molar-refractivity contribution < 1.29 is 13.2 Å². The number of benzene rings is 5. The third kappa shape index (κ3) is 5.24. The Labute approximate surface area is 267 Å². The van der Waals surface area contributed by atoms with Gasteiger partial charge in [-0.15, -0.1) is 4.40 Å². The summed E-state index contributed by atoms with van der Waals surface area (Å²) in [6, 6.07) is 43.3. The maximum absolute atomic E-state index is 14.0. The number of halogens is 1. The molecule has 2 heterocycles. The second kappa shape index (κ2) is 11.5. The van der Waals surface area contributed by atoms with E-state index in [0.29, 0.717) is 10.8 Å². The van der Waals surface area contributed by atoms with Crippen LogP contribution in [0.15, 0.2) is 160 Å². The van der Waals surface area contributed by atoms with Crippen LogP contribution in [0.1, 0.15) is 28.2 Å². The van der Waals surface area contributed by atoms with E-state index in [1.165, 1.54) is 0 Å². The number of ether oxygens (including phenoxy) is 1. The quantitative estimate of drug-likeness (QED) is 0.190. The van der Waals surface area contributed by atoms with Gasteiger partial charge >= 0.3 is 0 Å². The van der Waals surface area contributed by atoms with E-state index in [0.717, 1.165) is 33.7 Å². The Morgan fingerprint density at radius 1 is 0.756 bits per heavy atom. The van der Waals surface area contributed by atoms with Crippen molar-refractivity contribution in [3.63, 3.8) is 0 Å². The summed E-state index contributed by atoms with van der Waals surface area (Å²) < 4.78 is 39.1. The third-order valence-corrected chi connectivity index (χ3v) is 9.55. The molecule has 0 bridgehead atoms. The van der Waals surface area contributed by atoms with E-state index in [1.807, 2.05) is 133 Å². The van der Waals surface area contributed by atoms with E-state index >= 15 is 0 Å². The summed E-state index contributed by atoms with van der Waals surface area (Å²) in [7, 11) is -4.19. The van der Waals surface area contributed by atoms with Gasteiger partial charge in [-0.05, 0) is 60.5 Å². The van der Waals surface area contributed by atoms with E-state index < -0.39 is 21.5 Å². The highest BCUT2D eigenvalue weighted by atomic mass is 35.5. The molecule has 0 N–H and O–H groups in total. The van der Waals surface area contributed by atoms with Crippen molar-refractivity contribution in [1.29, 1.82) is 0 Å². The largest absolute Gasteiger partial charge is 0.439 e. The highest BCUT2D eigenvalue weighted by molar-refractivity contribution is 7.90. The van der Waals surface area contributed by atoms with Crippen molar-refractivity contribution in [3.8, 4) is 0 Å². The molecule has 0 radical (unpaired) electrons. The number of hydrogen-bond acceptors (Lipinski definition) is 5. The molecule has 0 saturated heterocycles. The minimum Gasteiger partial charge on any atom is -0.439 e. The minimum absolute atomic E-state index is 0.00680. The zero-order valence-electron chi connectivity index (χ0n) is 24.3. The predicted octanol–water partition coefficient (Wildman–Crippen LogP) is 8.25. The lowest BCUT2D eigenvalue weighted by atomic mass is 9.75. The average Bonchev–Trinajstić information content (AvgIpc) is 3.61. The topological polar surface area (TPSA) is 71.3 Å². The molecule has 1 spiro atoms.